The highest BCUT2D eigenvalue weighted by atomic mass is 32.2. The minimum absolute atomic E-state index is 0.169. The van der Waals surface area contributed by atoms with Crippen LogP contribution in [0.5, 0.6) is 0 Å². The number of benzene rings is 1. The highest BCUT2D eigenvalue weighted by molar-refractivity contribution is 7.84. The van der Waals surface area contributed by atoms with Crippen LogP contribution in [0.2, 0.25) is 0 Å². The molecule has 0 spiro atoms. The van der Waals surface area contributed by atoms with Crippen molar-refractivity contribution in [3.63, 3.8) is 0 Å². The van der Waals surface area contributed by atoms with Gasteiger partial charge in [0.05, 0.1) is 24.8 Å². The standard InChI is InChI=1S/C19H25N5O5S/c20-30(27,28)29-9-12-7-15(19(26)18(12)25)24-17-8-16(21-10-22-17)23-14-6-5-11-3-1-2-4-13(11)14/h1-4,8,10,12,14-15,18-19,25-26H,5-7,9H2,(H2,20,27,28)(H2,21,22,23,24)/t12-,14-,15+,18+,19-/m0/s1. The molecule has 10 nitrogen and oxygen atoms in total. The molecule has 0 unspecified atom stereocenters. The van der Waals surface area contributed by atoms with E-state index in [2.05, 4.69) is 36.9 Å². The number of aliphatic hydroxyl groups is 2. The van der Waals surface area contributed by atoms with Crippen LogP contribution >= 0.6 is 0 Å². The maximum atomic E-state index is 11.0. The summed E-state index contributed by atoms with van der Waals surface area (Å²) in [5.41, 5.74) is 2.59. The van der Waals surface area contributed by atoms with Gasteiger partial charge in [0, 0.05) is 12.0 Å². The van der Waals surface area contributed by atoms with Crippen molar-refractivity contribution in [2.75, 3.05) is 17.2 Å². The molecule has 0 amide bonds. The van der Waals surface area contributed by atoms with Gasteiger partial charge in [-0.2, -0.15) is 8.42 Å². The summed E-state index contributed by atoms with van der Waals surface area (Å²) in [6, 6.07) is 9.69. The second-order valence-electron chi connectivity index (χ2n) is 7.73. The Hall–Kier alpha value is -2.31. The van der Waals surface area contributed by atoms with E-state index in [0.29, 0.717) is 18.1 Å². The molecule has 11 heteroatoms. The van der Waals surface area contributed by atoms with E-state index in [1.165, 1.54) is 17.5 Å². The maximum Gasteiger partial charge on any atom is 0.333 e. The van der Waals surface area contributed by atoms with Gasteiger partial charge in [-0.3, -0.25) is 4.18 Å². The maximum absolute atomic E-state index is 11.0. The number of nitrogens with zero attached hydrogens (tertiary/aromatic N) is 2. The first-order valence-electron chi connectivity index (χ1n) is 9.76. The summed E-state index contributed by atoms with van der Waals surface area (Å²) in [5.74, 6) is 0.560. The molecular formula is C19H25N5O5S. The molecule has 30 heavy (non-hydrogen) atoms. The highest BCUT2D eigenvalue weighted by Gasteiger charge is 2.42. The number of fused-ring (bicyclic) bond motifs is 1. The largest absolute Gasteiger partial charge is 0.390 e. The average molecular weight is 436 g/mol. The fourth-order valence-electron chi connectivity index (χ4n) is 4.21. The van der Waals surface area contributed by atoms with Crippen molar-refractivity contribution in [2.24, 2.45) is 11.1 Å². The predicted octanol–water partition coefficient (Wildman–Crippen LogP) is 0.318. The number of nitrogens with one attached hydrogen (secondary N) is 2. The Labute approximate surface area is 174 Å². The van der Waals surface area contributed by atoms with Crippen molar-refractivity contribution in [2.45, 2.75) is 43.6 Å². The number of hydrogen-bond acceptors (Lipinski definition) is 9. The van der Waals surface area contributed by atoms with E-state index < -0.39 is 34.5 Å². The molecule has 0 radical (unpaired) electrons. The third kappa shape index (κ3) is 4.71. The van der Waals surface area contributed by atoms with Crippen LogP contribution in [-0.4, -0.2) is 53.5 Å². The predicted molar refractivity (Wildman–Crippen MR) is 110 cm³/mol. The van der Waals surface area contributed by atoms with Crippen LogP contribution < -0.4 is 15.8 Å². The minimum atomic E-state index is -4.11. The van der Waals surface area contributed by atoms with E-state index in [4.69, 9.17) is 5.14 Å². The third-order valence-electron chi connectivity index (χ3n) is 5.70. The van der Waals surface area contributed by atoms with Gasteiger partial charge < -0.3 is 20.8 Å². The lowest BCUT2D eigenvalue weighted by atomic mass is 10.1. The molecule has 0 bridgehead atoms. The molecule has 4 rings (SSSR count). The van der Waals surface area contributed by atoms with Crippen molar-refractivity contribution < 1.29 is 22.8 Å². The fourth-order valence-corrected chi connectivity index (χ4v) is 4.57. The zero-order valence-electron chi connectivity index (χ0n) is 16.2. The average Bonchev–Trinajstić information content (AvgIpc) is 3.23. The summed E-state index contributed by atoms with van der Waals surface area (Å²) >= 11 is 0. The summed E-state index contributed by atoms with van der Waals surface area (Å²) in [6.45, 7) is -0.299. The Kier molecular flexibility index (Phi) is 5.89. The Bertz CT molecular complexity index is 1000. The van der Waals surface area contributed by atoms with E-state index in [1.54, 1.807) is 6.07 Å². The van der Waals surface area contributed by atoms with Crippen LogP contribution in [0, 0.1) is 5.92 Å². The van der Waals surface area contributed by atoms with Gasteiger partial charge in [-0.15, -0.1) is 0 Å². The van der Waals surface area contributed by atoms with Crippen LogP contribution in [0.4, 0.5) is 11.6 Å². The number of rotatable bonds is 7. The zero-order valence-corrected chi connectivity index (χ0v) is 17.0. The lowest BCUT2D eigenvalue weighted by molar-refractivity contribution is 0.00778. The quantitative estimate of drug-likeness (QED) is 0.412. The summed E-state index contributed by atoms with van der Waals surface area (Å²) in [7, 11) is -4.11. The van der Waals surface area contributed by atoms with Crippen LogP contribution in [0.25, 0.3) is 0 Å². The van der Waals surface area contributed by atoms with Gasteiger partial charge in [-0.1, -0.05) is 24.3 Å². The number of anilines is 2. The molecule has 0 saturated heterocycles. The van der Waals surface area contributed by atoms with Crippen LogP contribution in [0.3, 0.4) is 0 Å². The molecule has 1 heterocycles. The molecule has 2 aliphatic rings. The van der Waals surface area contributed by atoms with Crippen LogP contribution in [0.1, 0.15) is 30.0 Å². The van der Waals surface area contributed by atoms with Gasteiger partial charge >= 0.3 is 10.3 Å². The van der Waals surface area contributed by atoms with Crippen LogP contribution in [-0.2, 0) is 20.9 Å². The molecule has 1 saturated carbocycles. The topological polar surface area (TPSA) is 160 Å². The molecule has 2 aromatic rings. The Morgan fingerprint density at radius 3 is 2.63 bits per heavy atom. The lowest BCUT2D eigenvalue weighted by Crippen LogP contribution is -2.36. The van der Waals surface area contributed by atoms with Gasteiger partial charge in [0.2, 0.25) is 0 Å². The molecule has 0 aliphatic heterocycles. The Morgan fingerprint density at radius 2 is 1.87 bits per heavy atom. The van der Waals surface area contributed by atoms with Crippen molar-refractivity contribution in [1.82, 2.24) is 9.97 Å². The molecule has 5 atom stereocenters. The monoisotopic (exact) mass is 435 g/mol. The summed E-state index contributed by atoms with van der Waals surface area (Å²) in [6.07, 6.45) is 1.46. The smallest absolute Gasteiger partial charge is 0.333 e. The van der Waals surface area contributed by atoms with Gasteiger partial charge in [-0.25, -0.2) is 15.1 Å². The van der Waals surface area contributed by atoms with Crippen molar-refractivity contribution in [3.8, 4) is 0 Å². The SMILES string of the molecule is NS(=O)(=O)OC[C@@H]1C[C@@H](Nc2cc(N[C@H]3CCc4ccccc43)ncn2)[C@H](O)[C@@H]1O. The van der Waals surface area contributed by atoms with E-state index in [-0.39, 0.29) is 12.6 Å². The lowest BCUT2D eigenvalue weighted by Gasteiger charge is -2.19. The van der Waals surface area contributed by atoms with Gasteiger partial charge in [-0.05, 0) is 30.4 Å². The second-order valence-corrected chi connectivity index (χ2v) is 8.95. The van der Waals surface area contributed by atoms with Gasteiger partial charge in [0.1, 0.15) is 24.1 Å². The van der Waals surface area contributed by atoms with E-state index in [9.17, 15) is 18.6 Å². The normalized spacial score (nSPS) is 28.3. The molecule has 1 aromatic carbocycles. The van der Waals surface area contributed by atoms with Gasteiger partial charge in [0.25, 0.3) is 0 Å². The molecular weight excluding hydrogens is 410 g/mol. The highest BCUT2D eigenvalue weighted by Crippen LogP contribution is 2.34. The summed E-state index contributed by atoms with van der Waals surface area (Å²) < 4.78 is 26.5. The summed E-state index contributed by atoms with van der Waals surface area (Å²) in [4.78, 5) is 8.47. The van der Waals surface area contributed by atoms with Crippen molar-refractivity contribution >= 4 is 21.9 Å². The minimum Gasteiger partial charge on any atom is -0.390 e. The van der Waals surface area contributed by atoms with E-state index >= 15 is 0 Å². The molecule has 1 fully saturated rings. The first kappa shape index (κ1) is 20.9. The third-order valence-corrected chi connectivity index (χ3v) is 6.17. The van der Waals surface area contributed by atoms with E-state index in [0.717, 1.165) is 12.8 Å². The van der Waals surface area contributed by atoms with Gasteiger partial charge in [0.15, 0.2) is 0 Å². The fraction of sp³-hybridized carbons (Fsp3) is 0.474. The number of hydrogen-bond donors (Lipinski definition) is 5. The van der Waals surface area contributed by atoms with Crippen LogP contribution in [0.15, 0.2) is 36.7 Å². The molecule has 2 aliphatic carbocycles. The number of aryl methyl sites for hydroxylation is 1. The first-order valence-corrected chi connectivity index (χ1v) is 11.2. The van der Waals surface area contributed by atoms with E-state index in [1.807, 2.05) is 12.1 Å². The molecule has 1 aromatic heterocycles. The Morgan fingerprint density at radius 1 is 1.13 bits per heavy atom. The number of aromatic nitrogens is 2. The number of nitrogens with two attached hydrogens (primary N) is 1. The molecule has 6 N–H and O–H groups in total. The van der Waals surface area contributed by atoms with Crippen molar-refractivity contribution in [1.29, 1.82) is 0 Å². The number of aliphatic hydroxyl groups excluding tert-OH is 2. The summed E-state index contributed by atoms with van der Waals surface area (Å²) in [5, 5.41) is 31.9. The second kappa shape index (κ2) is 8.44. The Balaban J connectivity index is 1.40. The zero-order chi connectivity index (χ0) is 21.3. The molecule has 162 valence electrons. The first-order chi connectivity index (χ1) is 14.3. The van der Waals surface area contributed by atoms with Crippen molar-refractivity contribution in [3.05, 3.63) is 47.8 Å².